The van der Waals surface area contributed by atoms with Crippen LogP contribution in [0.1, 0.15) is 54.0 Å². The Kier molecular flexibility index (Phi) is 7.16. The van der Waals surface area contributed by atoms with E-state index in [1.54, 1.807) is 0 Å². The van der Waals surface area contributed by atoms with Gasteiger partial charge in [-0.25, -0.2) is 9.18 Å². The smallest absolute Gasteiger partial charge is 0.416 e. The number of carboxylic acid groups (broad SMARTS) is 1. The molecule has 11 heteroatoms. The standard InChI is InChI=1S/C23H22F7NO3/c1-12(14-9-15(22(25,26)27)11-16(10-14)23(28,29)30)34-19-8-7-18(31(2)21(32)33)20(19)13-3-5-17(24)6-4-13/h3-6,9-12,18-20H,7-8H2,1-2H3,(H,32,33). The summed E-state index contributed by atoms with van der Waals surface area (Å²) in [6.07, 6.45) is -12.4. The summed E-state index contributed by atoms with van der Waals surface area (Å²) < 4.78 is 98.8. The van der Waals surface area contributed by atoms with E-state index in [1.807, 2.05) is 0 Å². The summed E-state index contributed by atoms with van der Waals surface area (Å²) in [5.41, 5.74) is -2.65. The molecule has 0 radical (unpaired) electrons. The topological polar surface area (TPSA) is 49.8 Å². The third-order valence-corrected chi connectivity index (χ3v) is 6.07. The third-order valence-electron chi connectivity index (χ3n) is 6.07. The number of amides is 1. The van der Waals surface area contributed by atoms with Crippen LogP contribution in [0.4, 0.5) is 35.5 Å². The van der Waals surface area contributed by atoms with Gasteiger partial charge >= 0.3 is 18.4 Å². The van der Waals surface area contributed by atoms with E-state index >= 15 is 0 Å². The Morgan fingerprint density at radius 2 is 1.53 bits per heavy atom. The highest BCUT2D eigenvalue weighted by molar-refractivity contribution is 5.65. The van der Waals surface area contributed by atoms with Gasteiger partial charge in [-0.1, -0.05) is 12.1 Å². The van der Waals surface area contributed by atoms with Crippen LogP contribution in [0, 0.1) is 5.82 Å². The average Bonchev–Trinajstić information content (AvgIpc) is 3.15. The van der Waals surface area contributed by atoms with Crippen molar-refractivity contribution in [1.29, 1.82) is 0 Å². The molecule has 4 atom stereocenters. The van der Waals surface area contributed by atoms with E-state index in [0.717, 1.165) is 4.90 Å². The Balaban J connectivity index is 1.95. The predicted molar refractivity (Wildman–Crippen MR) is 108 cm³/mol. The highest BCUT2D eigenvalue weighted by atomic mass is 19.4. The average molecular weight is 493 g/mol. The van der Waals surface area contributed by atoms with Crippen molar-refractivity contribution in [2.24, 2.45) is 0 Å². The van der Waals surface area contributed by atoms with E-state index in [9.17, 15) is 40.6 Å². The van der Waals surface area contributed by atoms with Gasteiger partial charge in [-0.05, 0) is 61.2 Å². The van der Waals surface area contributed by atoms with Crippen molar-refractivity contribution >= 4 is 6.09 Å². The number of carbonyl (C=O) groups is 1. The second-order valence-electron chi connectivity index (χ2n) is 8.27. The molecule has 0 heterocycles. The van der Waals surface area contributed by atoms with Crippen molar-refractivity contribution in [2.75, 3.05) is 7.05 Å². The molecule has 1 amide bonds. The van der Waals surface area contributed by atoms with Gasteiger partial charge < -0.3 is 14.7 Å². The molecule has 1 saturated carbocycles. The maximum atomic E-state index is 13.4. The molecule has 0 aromatic heterocycles. The Morgan fingerprint density at radius 3 is 2.00 bits per heavy atom. The van der Waals surface area contributed by atoms with Gasteiger partial charge in [0, 0.05) is 19.0 Å². The lowest BCUT2D eigenvalue weighted by atomic mass is 9.91. The molecule has 4 nitrogen and oxygen atoms in total. The number of nitrogens with zero attached hydrogens (tertiary/aromatic N) is 1. The number of rotatable bonds is 5. The minimum atomic E-state index is -4.99. The molecule has 2 aromatic rings. The van der Waals surface area contributed by atoms with Crippen molar-refractivity contribution in [3.63, 3.8) is 0 Å². The van der Waals surface area contributed by atoms with Crippen molar-refractivity contribution in [3.8, 4) is 0 Å². The molecule has 1 aliphatic rings. The van der Waals surface area contributed by atoms with Crippen LogP contribution in [0.5, 0.6) is 0 Å². The zero-order valence-electron chi connectivity index (χ0n) is 18.1. The van der Waals surface area contributed by atoms with Crippen LogP contribution >= 0.6 is 0 Å². The molecule has 1 N–H and O–H groups in total. The fourth-order valence-corrected chi connectivity index (χ4v) is 4.35. The van der Waals surface area contributed by atoms with Crippen LogP contribution in [0.3, 0.4) is 0 Å². The van der Waals surface area contributed by atoms with Gasteiger partial charge in [-0.2, -0.15) is 26.3 Å². The summed E-state index contributed by atoms with van der Waals surface area (Å²) in [4.78, 5) is 12.6. The normalized spacial score (nSPS) is 22.0. The maximum Gasteiger partial charge on any atom is 0.416 e. The minimum absolute atomic E-state index is 0.0466. The first-order valence-electron chi connectivity index (χ1n) is 10.3. The molecule has 34 heavy (non-hydrogen) atoms. The van der Waals surface area contributed by atoms with Crippen LogP contribution in [0.25, 0.3) is 0 Å². The van der Waals surface area contributed by atoms with Crippen LogP contribution in [-0.2, 0) is 17.1 Å². The summed E-state index contributed by atoms with van der Waals surface area (Å²) >= 11 is 0. The van der Waals surface area contributed by atoms with Gasteiger partial charge in [0.15, 0.2) is 0 Å². The number of halogens is 7. The lowest BCUT2D eigenvalue weighted by molar-refractivity contribution is -0.143. The second kappa shape index (κ2) is 9.44. The van der Waals surface area contributed by atoms with Gasteiger partial charge in [-0.15, -0.1) is 0 Å². The first-order valence-corrected chi connectivity index (χ1v) is 10.3. The lowest BCUT2D eigenvalue weighted by Crippen LogP contribution is -2.39. The molecule has 0 saturated heterocycles. The zero-order valence-corrected chi connectivity index (χ0v) is 18.1. The van der Waals surface area contributed by atoms with Crippen LogP contribution in [0.15, 0.2) is 42.5 Å². The molecule has 1 aliphatic carbocycles. The summed E-state index contributed by atoms with van der Waals surface area (Å²) in [5.74, 6) is -1.11. The van der Waals surface area contributed by atoms with Gasteiger partial charge in [0.25, 0.3) is 0 Å². The van der Waals surface area contributed by atoms with E-state index in [1.165, 1.54) is 38.2 Å². The molecule has 1 fully saturated rings. The van der Waals surface area contributed by atoms with Crippen LogP contribution in [0.2, 0.25) is 0 Å². The highest BCUT2D eigenvalue weighted by Crippen LogP contribution is 2.43. The van der Waals surface area contributed by atoms with E-state index in [-0.39, 0.29) is 11.6 Å². The van der Waals surface area contributed by atoms with E-state index < -0.39 is 59.6 Å². The van der Waals surface area contributed by atoms with Crippen molar-refractivity contribution in [2.45, 2.75) is 56.3 Å². The number of hydrogen-bond acceptors (Lipinski definition) is 2. The quantitative estimate of drug-likeness (QED) is 0.463. The summed E-state index contributed by atoms with van der Waals surface area (Å²) in [6.45, 7) is 1.34. The van der Waals surface area contributed by atoms with Crippen molar-refractivity contribution in [3.05, 3.63) is 70.5 Å². The monoisotopic (exact) mass is 493 g/mol. The predicted octanol–water partition coefficient (Wildman–Crippen LogP) is 6.87. The fourth-order valence-electron chi connectivity index (χ4n) is 4.35. The van der Waals surface area contributed by atoms with Crippen LogP contribution < -0.4 is 0 Å². The zero-order chi connectivity index (χ0) is 25.4. The Morgan fingerprint density at radius 1 is 1.00 bits per heavy atom. The summed E-state index contributed by atoms with van der Waals surface area (Å²) in [7, 11) is 1.36. The highest BCUT2D eigenvalue weighted by Gasteiger charge is 2.43. The maximum absolute atomic E-state index is 13.4. The first-order chi connectivity index (χ1) is 15.7. The van der Waals surface area contributed by atoms with E-state index in [4.69, 9.17) is 4.74 Å². The third kappa shape index (κ3) is 5.63. The minimum Gasteiger partial charge on any atom is -0.465 e. The molecule has 0 bridgehead atoms. The summed E-state index contributed by atoms with van der Waals surface area (Å²) in [5, 5.41) is 9.42. The lowest BCUT2D eigenvalue weighted by Gasteiger charge is -2.32. The first kappa shape index (κ1) is 25.8. The van der Waals surface area contributed by atoms with Crippen molar-refractivity contribution < 1.29 is 45.4 Å². The molecule has 4 unspecified atom stereocenters. The number of ether oxygens (including phenoxy) is 1. The SMILES string of the molecule is CC(OC1CCC(N(C)C(=O)O)C1c1ccc(F)cc1)c1cc(C(F)(F)F)cc(C(F)(F)F)c1. The molecule has 3 rings (SSSR count). The molecule has 186 valence electrons. The molecule has 2 aromatic carbocycles. The number of benzene rings is 2. The Labute approximate surface area is 190 Å². The van der Waals surface area contributed by atoms with Gasteiger partial charge in [0.1, 0.15) is 5.82 Å². The van der Waals surface area contributed by atoms with Gasteiger partial charge in [0.05, 0.1) is 23.3 Å². The summed E-state index contributed by atoms with van der Waals surface area (Å²) in [6, 6.07) is 5.99. The van der Waals surface area contributed by atoms with Crippen LogP contribution in [-0.4, -0.2) is 35.3 Å². The van der Waals surface area contributed by atoms with Crippen molar-refractivity contribution in [1.82, 2.24) is 4.90 Å². The Bertz CT molecular complexity index is 988. The number of likely N-dealkylation sites (N-methyl/N-ethyl adjacent to an activating group) is 1. The van der Waals surface area contributed by atoms with E-state index in [2.05, 4.69) is 0 Å². The largest absolute Gasteiger partial charge is 0.465 e. The second-order valence-corrected chi connectivity index (χ2v) is 8.27. The van der Waals surface area contributed by atoms with E-state index in [0.29, 0.717) is 30.5 Å². The van der Waals surface area contributed by atoms with Gasteiger partial charge in [-0.3, -0.25) is 0 Å². The number of alkyl halides is 6. The molecular weight excluding hydrogens is 471 g/mol. The molecule has 0 aliphatic heterocycles. The molecular formula is C23H22F7NO3. The van der Waals surface area contributed by atoms with Gasteiger partial charge in [0.2, 0.25) is 0 Å². The number of hydrogen-bond donors (Lipinski definition) is 1. The molecule has 0 spiro atoms. The Hall–Kier alpha value is -2.82. The fraction of sp³-hybridized carbons (Fsp3) is 0.435.